The standard InChI is InChI=1S/C20H27NO3/c22-19(24-18-14-21-12-10-15(18)11-13-21)20(23,17-8-4-5-9-17)16-6-2-1-3-7-16/h1-3,6-7,15,17-18,23H,4-5,8-14H2/t18-,20-/m0/s1. The van der Waals surface area contributed by atoms with Crippen LogP contribution in [0.5, 0.6) is 0 Å². The molecule has 1 saturated carbocycles. The highest BCUT2D eigenvalue weighted by atomic mass is 16.6. The van der Waals surface area contributed by atoms with E-state index in [4.69, 9.17) is 4.74 Å². The molecule has 0 radical (unpaired) electrons. The number of fused-ring (bicyclic) bond motifs is 3. The third-order valence-corrected chi connectivity index (χ3v) is 6.33. The van der Waals surface area contributed by atoms with Gasteiger partial charge in [-0.15, -0.1) is 0 Å². The quantitative estimate of drug-likeness (QED) is 0.863. The van der Waals surface area contributed by atoms with Gasteiger partial charge in [0.25, 0.3) is 0 Å². The molecule has 2 bridgehead atoms. The lowest BCUT2D eigenvalue weighted by atomic mass is 9.79. The minimum Gasteiger partial charge on any atom is -0.458 e. The van der Waals surface area contributed by atoms with Crippen molar-refractivity contribution in [1.82, 2.24) is 4.90 Å². The predicted molar refractivity (Wildman–Crippen MR) is 91.3 cm³/mol. The molecule has 0 spiro atoms. The Morgan fingerprint density at radius 2 is 1.75 bits per heavy atom. The van der Waals surface area contributed by atoms with Crippen LogP contribution in [0.4, 0.5) is 0 Å². The lowest BCUT2D eigenvalue weighted by Gasteiger charge is -2.45. The molecule has 4 heteroatoms. The Bertz CT molecular complexity index is 576. The second-order valence-electron chi connectivity index (χ2n) is 7.70. The Kier molecular flexibility index (Phi) is 4.35. The van der Waals surface area contributed by atoms with Crippen molar-refractivity contribution < 1.29 is 14.6 Å². The average Bonchev–Trinajstić information content (AvgIpc) is 3.18. The molecule has 4 aliphatic rings. The van der Waals surface area contributed by atoms with Crippen LogP contribution < -0.4 is 0 Å². The van der Waals surface area contributed by atoms with Gasteiger partial charge in [0.15, 0.2) is 5.60 Å². The number of benzene rings is 1. The zero-order valence-electron chi connectivity index (χ0n) is 14.2. The summed E-state index contributed by atoms with van der Waals surface area (Å²) in [6.07, 6.45) is 6.08. The summed E-state index contributed by atoms with van der Waals surface area (Å²) < 4.78 is 5.93. The van der Waals surface area contributed by atoms with Gasteiger partial charge < -0.3 is 9.84 Å². The molecule has 130 valence electrons. The maximum atomic E-state index is 13.1. The van der Waals surface area contributed by atoms with E-state index in [0.29, 0.717) is 11.5 Å². The topological polar surface area (TPSA) is 49.8 Å². The van der Waals surface area contributed by atoms with Crippen LogP contribution in [0.1, 0.15) is 44.1 Å². The molecular formula is C20H27NO3. The number of aliphatic hydroxyl groups is 1. The number of rotatable bonds is 4. The highest BCUT2D eigenvalue weighted by Crippen LogP contribution is 2.42. The van der Waals surface area contributed by atoms with E-state index >= 15 is 0 Å². The summed E-state index contributed by atoms with van der Waals surface area (Å²) in [6.45, 7) is 3.06. The largest absolute Gasteiger partial charge is 0.458 e. The van der Waals surface area contributed by atoms with Gasteiger partial charge in [0.1, 0.15) is 6.10 Å². The van der Waals surface area contributed by atoms with Gasteiger partial charge in [0.05, 0.1) is 0 Å². The van der Waals surface area contributed by atoms with Gasteiger partial charge in [-0.3, -0.25) is 4.90 Å². The van der Waals surface area contributed by atoms with Gasteiger partial charge >= 0.3 is 5.97 Å². The molecule has 1 N–H and O–H groups in total. The molecule has 4 nitrogen and oxygen atoms in total. The molecule has 3 saturated heterocycles. The molecule has 1 aromatic rings. The van der Waals surface area contributed by atoms with Crippen molar-refractivity contribution in [1.29, 1.82) is 0 Å². The summed E-state index contributed by atoms with van der Waals surface area (Å²) in [4.78, 5) is 15.5. The Balaban J connectivity index is 1.57. The fourth-order valence-electron chi connectivity index (χ4n) is 4.83. The Hall–Kier alpha value is -1.39. The average molecular weight is 329 g/mol. The summed E-state index contributed by atoms with van der Waals surface area (Å²) >= 11 is 0. The van der Waals surface area contributed by atoms with Crippen LogP contribution in [-0.2, 0) is 15.1 Å². The van der Waals surface area contributed by atoms with Gasteiger partial charge in [-0.2, -0.15) is 0 Å². The Morgan fingerprint density at radius 1 is 1.08 bits per heavy atom. The van der Waals surface area contributed by atoms with Crippen LogP contribution in [0.2, 0.25) is 0 Å². The Morgan fingerprint density at radius 3 is 2.33 bits per heavy atom. The molecule has 0 amide bonds. The first-order valence-corrected chi connectivity index (χ1v) is 9.39. The van der Waals surface area contributed by atoms with Gasteiger partial charge in [-0.1, -0.05) is 43.2 Å². The first kappa shape index (κ1) is 16.1. The van der Waals surface area contributed by atoms with Crippen LogP contribution in [0, 0.1) is 11.8 Å². The number of carbonyl (C=O) groups excluding carboxylic acids is 1. The number of hydrogen-bond donors (Lipinski definition) is 1. The first-order valence-electron chi connectivity index (χ1n) is 9.39. The number of esters is 1. The van der Waals surface area contributed by atoms with E-state index < -0.39 is 11.6 Å². The third kappa shape index (κ3) is 2.76. The lowest BCUT2D eigenvalue weighted by Crippen LogP contribution is -2.54. The van der Waals surface area contributed by atoms with Crippen molar-refractivity contribution in [3.05, 3.63) is 35.9 Å². The van der Waals surface area contributed by atoms with Crippen LogP contribution in [0.15, 0.2) is 30.3 Å². The smallest absolute Gasteiger partial charge is 0.343 e. The maximum Gasteiger partial charge on any atom is 0.343 e. The second-order valence-corrected chi connectivity index (χ2v) is 7.70. The SMILES string of the molecule is O=C(O[C@H]1CN2CCC1CC2)[C@](O)(c1ccccc1)C1CCCC1. The van der Waals surface area contributed by atoms with E-state index in [2.05, 4.69) is 4.90 Å². The lowest BCUT2D eigenvalue weighted by molar-refractivity contribution is -0.188. The summed E-state index contributed by atoms with van der Waals surface area (Å²) in [6, 6.07) is 9.40. The number of nitrogens with zero attached hydrogens (tertiary/aromatic N) is 1. The molecule has 5 rings (SSSR count). The van der Waals surface area contributed by atoms with E-state index in [1.165, 1.54) is 0 Å². The summed E-state index contributed by atoms with van der Waals surface area (Å²) in [5, 5.41) is 11.5. The van der Waals surface area contributed by atoms with Crippen LogP contribution in [-0.4, -0.2) is 41.7 Å². The maximum absolute atomic E-state index is 13.1. The van der Waals surface area contributed by atoms with E-state index in [0.717, 1.165) is 58.2 Å². The summed E-state index contributed by atoms with van der Waals surface area (Å²) in [7, 11) is 0. The van der Waals surface area contributed by atoms with Crippen molar-refractivity contribution in [3.63, 3.8) is 0 Å². The third-order valence-electron chi connectivity index (χ3n) is 6.33. The molecule has 0 unspecified atom stereocenters. The molecule has 3 heterocycles. The van der Waals surface area contributed by atoms with Crippen molar-refractivity contribution in [2.45, 2.75) is 50.2 Å². The fraction of sp³-hybridized carbons (Fsp3) is 0.650. The molecule has 3 aliphatic heterocycles. The van der Waals surface area contributed by atoms with Crippen LogP contribution in [0.3, 0.4) is 0 Å². The molecular weight excluding hydrogens is 302 g/mol. The summed E-state index contributed by atoms with van der Waals surface area (Å²) in [5.74, 6) is -0.00427. The minimum atomic E-state index is -1.50. The number of ether oxygens (including phenoxy) is 1. The second kappa shape index (κ2) is 6.49. The normalized spacial score (nSPS) is 32.5. The first-order chi connectivity index (χ1) is 11.7. The predicted octanol–water partition coefficient (Wildman–Crippen LogP) is 2.70. The van der Waals surface area contributed by atoms with Gasteiger partial charge in [0.2, 0.25) is 0 Å². The monoisotopic (exact) mass is 329 g/mol. The Labute approximate surface area is 143 Å². The van der Waals surface area contributed by atoms with Gasteiger partial charge in [-0.05, 0) is 50.3 Å². The molecule has 0 aromatic heterocycles. The molecule has 1 aromatic carbocycles. The highest BCUT2D eigenvalue weighted by Gasteiger charge is 2.49. The van der Waals surface area contributed by atoms with Crippen LogP contribution >= 0.6 is 0 Å². The number of hydrogen-bond acceptors (Lipinski definition) is 4. The van der Waals surface area contributed by atoms with Crippen molar-refractivity contribution in [2.24, 2.45) is 11.8 Å². The number of piperidine rings is 3. The van der Waals surface area contributed by atoms with E-state index in [1.807, 2.05) is 30.3 Å². The molecule has 1 aliphatic carbocycles. The molecule has 24 heavy (non-hydrogen) atoms. The van der Waals surface area contributed by atoms with E-state index in [1.54, 1.807) is 0 Å². The van der Waals surface area contributed by atoms with Crippen molar-refractivity contribution in [2.75, 3.05) is 19.6 Å². The number of carbonyl (C=O) groups is 1. The van der Waals surface area contributed by atoms with E-state index in [-0.39, 0.29) is 12.0 Å². The minimum absolute atomic E-state index is 0.0338. The van der Waals surface area contributed by atoms with E-state index in [9.17, 15) is 9.90 Å². The summed E-state index contributed by atoms with van der Waals surface area (Å²) in [5.41, 5.74) is -0.813. The molecule has 2 atom stereocenters. The van der Waals surface area contributed by atoms with Gasteiger partial charge in [0, 0.05) is 12.5 Å². The van der Waals surface area contributed by atoms with Crippen LogP contribution in [0.25, 0.3) is 0 Å². The highest BCUT2D eigenvalue weighted by molar-refractivity contribution is 5.81. The van der Waals surface area contributed by atoms with Crippen molar-refractivity contribution in [3.8, 4) is 0 Å². The van der Waals surface area contributed by atoms with Crippen molar-refractivity contribution >= 4 is 5.97 Å². The zero-order chi connectivity index (χ0) is 16.6. The zero-order valence-corrected chi connectivity index (χ0v) is 14.2. The fourth-order valence-corrected chi connectivity index (χ4v) is 4.83. The van der Waals surface area contributed by atoms with Gasteiger partial charge in [-0.25, -0.2) is 4.79 Å². The molecule has 4 fully saturated rings.